The number of halogens is 3. The number of fused-ring (bicyclic) bond motifs is 1. The Morgan fingerprint density at radius 2 is 1.94 bits per heavy atom. The Bertz CT molecular complexity index is 1310. The van der Waals surface area contributed by atoms with Gasteiger partial charge in [-0.2, -0.15) is 28.2 Å². The van der Waals surface area contributed by atoms with Gasteiger partial charge >= 0.3 is 6.18 Å². The molecule has 1 aromatic carbocycles. The molecule has 4 rings (SSSR count). The molecule has 0 saturated heterocycles. The van der Waals surface area contributed by atoms with E-state index in [2.05, 4.69) is 20.2 Å². The van der Waals surface area contributed by atoms with Crippen molar-refractivity contribution in [2.75, 3.05) is 7.11 Å². The van der Waals surface area contributed by atoms with E-state index in [9.17, 15) is 18.0 Å². The van der Waals surface area contributed by atoms with Gasteiger partial charge in [0, 0.05) is 31.7 Å². The summed E-state index contributed by atoms with van der Waals surface area (Å²) in [7, 11) is 1.60. The summed E-state index contributed by atoms with van der Waals surface area (Å²) in [6.07, 6.45) is -0.132. The third-order valence-corrected chi connectivity index (χ3v) is 6.30. The van der Waals surface area contributed by atoms with Crippen LogP contribution in [0.2, 0.25) is 0 Å². The molecule has 0 aliphatic heterocycles. The number of benzene rings is 1. The van der Waals surface area contributed by atoms with E-state index in [1.165, 1.54) is 35.9 Å². The lowest BCUT2D eigenvalue weighted by Crippen LogP contribution is -2.15. The van der Waals surface area contributed by atoms with Crippen molar-refractivity contribution < 1.29 is 22.7 Å². The Labute approximate surface area is 197 Å². The summed E-state index contributed by atoms with van der Waals surface area (Å²) in [6, 6.07) is 3.75. The summed E-state index contributed by atoms with van der Waals surface area (Å²) in [5.74, 6) is -0.238. The summed E-state index contributed by atoms with van der Waals surface area (Å²) in [6.45, 7) is 3.86. The van der Waals surface area contributed by atoms with Gasteiger partial charge in [0.15, 0.2) is 0 Å². The maximum atomic E-state index is 13.7. The van der Waals surface area contributed by atoms with Crippen molar-refractivity contribution in [1.82, 2.24) is 25.0 Å². The number of alkyl halides is 3. The van der Waals surface area contributed by atoms with E-state index in [4.69, 9.17) is 4.74 Å². The van der Waals surface area contributed by atoms with E-state index in [-0.39, 0.29) is 36.0 Å². The van der Waals surface area contributed by atoms with Crippen molar-refractivity contribution in [3.8, 4) is 5.69 Å². The van der Waals surface area contributed by atoms with Gasteiger partial charge in [-0.25, -0.2) is 9.97 Å². The van der Waals surface area contributed by atoms with Gasteiger partial charge in [-0.05, 0) is 36.6 Å². The average molecular weight is 490 g/mol. The van der Waals surface area contributed by atoms with E-state index in [0.29, 0.717) is 17.5 Å². The van der Waals surface area contributed by atoms with Gasteiger partial charge in [0.1, 0.15) is 16.1 Å². The van der Waals surface area contributed by atoms with Crippen molar-refractivity contribution in [2.24, 2.45) is 0 Å². The molecule has 0 aliphatic rings. The molecule has 1 atom stereocenters. The van der Waals surface area contributed by atoms with Gasteiger partial charge in [0.2, 0.25) is 0 Å². The maximum absolute atomic E-state index is 13.7. The molecule has 11 heteroatoms. The van der Waals surface area contributed by atoms with Gasteiger partial charge in [0.05, 0.1) is 34.8 Å². The third kappa shape index (κ3) is 4.85. The van der Waals surface area contributed by atoms with Crippen LogP contribution in [0.1, 0.15) is 46.7 Å². The number of aryl methyl sites for hydroxylation is 1. The summed E-state index contributed by atoms with van der Waals surface area (Å²) < 4.78 is 46.7. The van der Waals surface area contributed by atoms with Crippen LogP contribution in [0.5, 0.6) is 0 Å². The highest BCUT2D eigenvalue weighted by atomic mass is 32.1. The molecule has 34 heavy (non-hydrogen) atoms. The van der Waals surface area contributed by atoms with E-state index in [1.807, 2.05) is 13.8 Å². The zero-order valence-electron chi connectivity index (χ0n) is 18.8. The molecule has 0 aliphatic carbocycles. The summed E-state index contributed by atoms with van der Waals surface area (Å²) >= 11 is 1.46. The number of carbonyl (C=O) groups excluding carboxylic acids is 1. The molecule has 0 bridgehead atoms. The van der Waals surface area contributed by atoms with Crippen LogP contribution in [0.25, 0.3) is 16.0 Å². The minimum atomic E-state index is -4.63. The van der Waals surface area contributed by atoms with Crippen LogP contribution in [-0.4, -0.2) is 37.9 Å². The number of rotatable bonds is 8. The standard InChI is InChI=1S/C23H22F3N5O2S/c1-4-19(33-3)20-15(12-27-22-21(20)30-13(2)34-22)11-16(32)9-14-5-6-18(31-28-7-8-29-31)17(10-14)23(24,25)26/h5-8,10,12,19H,4,9,11H2,1-3H3. The fourth-order valence-electron chi connectivity index (χ4n) is 3.96. The topological polar surface area (TPSA) is 82.8 Å². The maximum Gasteiger partial charge on any atom is 0.418 e. The van der Waals surface area contributed by atoms with Gasteiger partial charge in [0.25, 0.3) is 0 Å². The fraction of sp³-hybridized carbons (Fsp3) is 0.348. The van der Waals surface area contributed by atoms with E-state index < -0.39 is 11.7 Å². The largest absolute Gasteiger partial charge is 0.418 e. The Morgan fingerprint density at radius 3 is 2.59 bits per heavy atom. The predicted molar refractivity (Wildman–Crippen MR) is 121 cm³/mol. The second-order valence-corrected chi connectivity index (χ2v) is 8.96. The number of methoxy groups -OCH3 is 1. The minimum Gasteiger partial charge on any atom is -0.377 e. The quantitative estimate of drug-likeness (QED) is 0.344. The Hall–Kier alpha value is -3.18. The average Bonchev–Trinajstić information content (AvgIpc) is 3.44. The Kier molecular flexibility index (Phi) is 6.76. The summed E-state index contributed by atoms with van der Waals surface area (Å²) in [5, 5.41) is 8.43. The first kappa shape index (κ1) is 24.0. The van der Waals surface area contributed by atoms with Gasteiger partial charge in [-0.3, -0.25) is 4.79 Å². The van der Waals surface area contributed by atoms with Crippen LogP contribution >= 0.6 is 11.3 Å². The molecule has 0 fully saturated rings. The zero-order valence-corrected chi connectivity index (χ0v) is 19.6. The first-order valence-electron chi connectivity index (χ1n) is 10.6. The first-order chi connectivity index (χ1) is 16.2. The molecule has 0 radical (unpaired) electrons. The van der Waals surface area contributed by atoms with Crippen molar-refractivity contribution in [3.05, 3.63) is 64.1 Å². The van der Waals surface area contributed by atoms with Crippen LogP contribution in [0.15, 0.2) is 36.8 Å². The minimum absolute atomic E-state index is 0.0124. The highest BCUT2D eigenvalue weighted by molar-refractivity contribution is 7.18. The first-order valence-corrected chi connectivity index (χ1v) is 11.4. The highest BCUT2D eigenvalue weighted by Gasteiger charge is 2.35. The number of carbonyl (C=O) groups is 1. The van der Waals surface area contributed by atoms with Gasteiger partial charge in [-0.15, -0.1) is 0 Å². The van der Waals surface area contributed by atoms with Crippen LogP contribution in [-0.2, 0) is 28.5 Å². The van der Waals surface area contributed by atoms with Gasteiger partial charge in [-0.1, -0.05) is 24.3 Å². The summed E-state index contributed by atoms with van der Waals surface area (Å²) in [4.78, 5) is 23.6. The lowest BCUT2D eigenvalue weighted by molar-refractivity contribution is -0.137. The number of ketones is 1. The number of hydrogen-bond acceptors (Lipinski definition) is 7. The summed E-state index contributed by atoms with van der Waals surface area (Å²) in [5.41, 5.74) is 1.34. The van der Waals surface area contributed by atoms with Crippen LogP contribution < -0.4 is 0 Å². The van der Waals surface area contributed by atoms with E-state index >= 15 is 0 Å². The van der Waals surface area contributed by atoms with Crippen LogP contribution in [0, 0.1) is 6.92 Å². The van der Waals surface area contributed by atoms with Crippen molar-refractivity contribution in [2.45, 2.75) is 45.4 Å². The van der Waals surface area contributed by atoms with Crippen LogP contribution in [0.3, 0.4) is 0 Å². The Morgan fingerprint density at radius 1 is 1.21 bits per heavy atom. The molecule has 0 amide bonds. The number of nitrogens with zero attached hydrogens (tertiary/aromatic N) is 5. The number of aromatic nitrogens is 5. The van der Waals surface area contributed by atoms with E-state index in [0.717, 1.165) is 26.3 Å². The van der Waals surface area contributed by atoms with Crippen molar-refractivity contribution >= 4 is 27.5 Å². The van der Waals surface area contributed by atoms with Gasteiger partial charge < -0.3 is 4.74 Å². The molecule has 0 spiro atoms. The molecule has 178 valence electrons. The Balaban J connectivity index is 1.64. The third-order valence-electron chi connectivity index (χ3n) is 5.42. The fourth-order valence-corrected chi connectivity index (χ4v) is 4.74. The molecule has 0 N–H and O–H groups in total. The highest BCUT2D eigenvalue weighted by Crippen LogP contribution is 2.35. The SMILES string of the molecule is CCC(OC)c1c(CC(=O)Cc2ccc(-n3nccn3)c(C(F)(F)F)c2)cnc2sc(C)nc12. The molecule has 1 unspecified atom stereocenters. The lowest BCUT2D eigenvalue weighted by Gasteiger charge is -2.18. The molecule has 3 heterocycles. The molecular weight excluding hydrogens is 467 g/mol. The molecule has 4 aromatic rings. The molecule has 7 nitrogen and oxygen atoms in total. The second kappa shape index (κ2) is 9.59. The number of pyridine rings is 1. The monoisotopic (exact) mass is 489 g/mol. The van der Waals surface area contributed by atoms with Crippen LogP contribution in [0.4, 0.5) is 13.2 Å². The number of thiazole rings is 1. The molecule has 3 aromatic heterocycles. The number of Topliss-reactive ketones (excluding diaryl/α,β-unsaturated/α-hetero) is 1. The molecule has 0 saturated carbocycles. The van der Waals surface area contributed by atoms with Crippen molar-refractivity contribution in [3.63, 3.8) is 0 Å². The number of ether oxygens (including phenoxy) is 1. The molecular formula is C23H22F3N5O2S. The second-order valence-electron chi connectivity index (χ2n) is 7.78. The normalized spacial score (nSPS) is 12.9. The lowest BCUT2D eigenvalue weighted by atomic mass is 9.95. The van der Waals surface area contributed by atoms with Crippen molar-refractivity contribution in [1.29, 1.82) is 0 Å². The van der Waals surface area contributed by atoms with E-state index in [1.54, 1.807) is 13.3 Å². The smallest absolute Gasteiger partial charge is 0.377 e. The predicted octanol–water partition coefficient (Wildman–Crippen LogP) is 5.05. The zero-order chi connectivity index (χ0) is 24.5. The number of hydrogen-bond donors (Lipinski definition) is 0.